The van der Waals surface area contributed by atoms with Gasteiger partial charge < -0.3 is 15.7 Å². The Labute approximate surface area is 152 Å². The molecule has 7 nitrogen and oxygen atoms in total. The summed E-state index contributed by atoms with van der Waals surface area (Å²) in [6, 6.07) is 5.20. The monoisotopic (exact) mass is 355 g/mol. The van der Waals surface area contributed by atoms with Gasteiger partial charge in [0.25, 0.3) is 11.8 Å². The summed E-state index contributed by atoms with van der Waals surface area (Å²) in [6.45, 7) is 3.37. The Balaban J connectivity index is 1.93. The number of amides is 2. The lowest BCUT2D eigenvalue weighted by Gasteiger charge is -2.24. The van der Waals surface area contributed by atoms with Crippen LogP contribution in [-0.4, -0.2) is 47.4 Å². The SMILES string of the molecule is C[C@@H](O)[C@H](NC(=O)c1ccc(C#CC#CCC2CNC2)cc1)C(=O)NO. The molecule has 1 aliphatic heterocycles. The number of nitrogens with one attached hydrogen (secondary N) is 3. The number of aliphatic hydroxyl groups excluding tert-OH is 1. The zero-order chi connectivity index (χ0) is 18.9. The molecule has 1 heterocycles. The van der Waals surface area contributed by atoms with Crippen LogP contribution in [0.3, 0.4) is 0 Å². The normalized spacial score (nSPS) is 15.2. The first-order valence-electron chi connectivity index (χ1n) is 8.23. The molecule has 0 spiro atoms. The van der Waals surface area contributed by atoms with E-state index in [0.717, 1.165) is 19.5 Å². The number of hydrogen-bond donors (Lipinski definition) is 5. The lowest BCUT2D eigenvalue weighted by atomic mass is 10.0. The average Bonchev–Trinajstić information content (AvgIpc) is 2.60. The Hall–Kier alpha value is -2.84. The molecule has 7 heteroatoms. The van der Waals surface area contributed by atoms with E-state index in [2.05, 4.69) is 34.3 Å². The van der Waals surface area contributed by atoms with Crippen molar-refractivity contribution in [1.29, 1.82) is 0 Å². The van der Waals surface area contributed by atoms with E-state index in [9.17, 15) is 14.7 Å². The predicted molar refractivity (Wildman–Crippen MR) is 94.9 cm³/mol. The second-order valence-electron chi connectivity index (χ2n) is 6.03. The van der Waals surface area contributed by atoms with Crippen LogP contribution in [0.15, 0.2) is 24.3 Å². The zero-order valence-electron chi connectivity index (χ0n) is 14.4. The third-order valence-electron chi connectivity index (χ3n) is 3.92. The zero-order valence-corrected chi connectivity index (χ0v) is 14.4. The smallest absolute Gasteiger partial charge is 0.268 e. The van der Waals surface area contributed by atoms with Crippen molar-refractivity contribution >= 4 is 11.8 Å². The number of hydrogen-bond acceptors (Lipinski definition) is 5. The fourth-order valence-electron chi connectivity index (χ4n) is 2.24. The molecule has 1 aromatic carbocycles. The molecule has 5 N–H and O–H groups in total. The first kappa shape index (κ1) is 19.5. The second-order valence-corrected chi connectivity index (χ2v) is 6.03. The Morgan fingerprint density at radius 1 is 1.27 bits per heavy atom. The average molecular weight is 355 g/mol. The number of aliphatic hydroxyl groups is 1. The van der Waals surface area contributed by atoms with E-state index in [-0.39, 0.29) is 0 Å². The first-order chi connectivity index (χ1) is 12.5. The summed E-state index contributed by atoms with van der Waals surface area (Å²) in [4.78, 5) is 23.6. The van der Waals surface area contributed by atoms with Crippen LogP contribution in [0.5, 0.6) is 0 Å². The first-order valence-corrected chi connectivity index (χ1v) is 8.23. The molecular formula is C19H21N3O4. The van der Waals surface area contributed by atoms with E-state index in [1.165, 1.54) is 12.4 Å². The summed E-state index contributed by atoms with van der Waals surface area (Å²) in [5.41, 5.74) is 2.42. The highest BCUT2D eigenvalue weighted by atomic mass is 16.5. The molecule has 1 saturated heterocycles. The molecule has 0 saturated carbocycles. The molecule has 26 heavy (non-hydrogen) atoms. The van der Waals surface area contributed by atoms with Crippen LogP contribution in [0.25, 0.3) is 0 Å². The molecule has 0 bridgehead atoms. The second kappa shape index (κ2) is 9.59. The quantitative estimate of drug-likeness (QED) is 0.281. The summed E-state index contributed by atoms with van der Waals surface area (Å²) >= 11 is 0. The highest BCUT2D eigenvalue weighted by Crippen LogP contribution is 2.06. The minimum atomic E-state index is -1.26. The predicted octanol–water partition coefficient (Wildman–Crippen LogP) is -0.364. The van der Waals surface area contributed by atoms with Crippen molar-refractivity contribution in [1.82, 2.24) is 16.1 Å². The Morgan fingerprint density at radius 2 is 1.96 bits per heavy atom. The molecule has 2 rings (SSSR count). The van der Waals surface area contributed by atoms with Gasteiger partial charge in [-0.05, 0) is 48.9 Å². The number of rotatable bonds is 5. The maximum atomic E-state index is 12.1. The van der Waals surface area contributed by atoms with Crippen molar-refractivity contribution in [2.45, 2.75) is 25.5 Å². The van der Waals surface area contributed by atoms with Crippen LogP contribution in [0.1, 0.15) is 29.3 Å². The summed E-state index contributed by atoms with van der Waals surface area (Å²) in [5.74, 6) is 10.7. The standard InChI is InChI=1S/C19H21N3O4/c1-13(23)17(19(25)22-26)21-18(24)16-9-7-14(8-10-16)5-3-2-4-6-15-11-20-12-15/h7-10,13,15,17,20,23,26H,6,11-12H2,1H3,(H,21,24)(H,22,25)/t13-,17+/m1/s1. The van der Waals surface area contributed by atoms with Crippen molar-refractivity contribution in [3.63, 3.8) is 0 Å². The molecule has 1 fully saturated rings. The van der Waals surface area contributed by atoms with Crippen LogP contribution in [0, 0.1) is 29.6 Å². The third-order valence-corrected chi connectivity index (χ3v) is 3.92. The Bertz CT molecular complexity index is 762. The van der Waals surface area contributed by atoms with Gasteiger partial charge in [-0.2, -0.15) is 0 Å². The van der Waals surface area contributed by atoms with Gasteiger partial charge in [-0.15, -0.1) is 0 Å². The number of carbonyl (C=O) groups is 2. The van der Waals surface area contributed by atoms with Crippen molar-refractivity contribution in [3.8, 4) is 23.7 Å². The van der Waals surface area contributed by atoms with Crippen LogP contribution in [-0.2, 0) is 4.79 Å². The molecule has 0 radical (unpaired) electrons. The van der Waals surface area contributed by atoms with Gasteiger partial charge in [0, 0.05) is 30.6 Å². The van der Waals surface area contributed by atoms with Crippen LogP contribution < -0.4 is 16.1 Å². The molecular weight excluding hydrogens is 334 g/mol. The van der Waals surface area contributed by atoms with E-state index in [1.54, 1.807) is 24.3 Å². The lowest BCUT2D eigenvalue weighted by molar-refractivity contribution is -0.133. The van der Waals surface area contributed by atoms with E-state index >= 15 is 0 Å². The minimum Gasteiger partial charge on any atom is -0.391 e. The summed E-state index contributed by atoms with van der Waals surface area (Å²) in [7, 11) is 0. The maximum absolute atomic E-state index is 12.1. The van der Waals surface area contributed by atoms with Gasteiger partial charge >= 0.3 is 0 Å². The third kappa shape index (κ3) is 5.61. The van der Waals surface area contributed by atoms with Crippen molar-refractivity contribution in [2.75, 3.05) is 13.1 Å². The van der Waals surface area contributed by atoms with Gasteiger partial charge in [0.15, 0.2) is 0 Å². The topological polar surface area (TPSA) is 111 Å². The highest BCUT2D eigenvalue weighted by Gasteiger charge is 2.25. The number of benzene rings is 1. The van der Waals surface area contributed by atoms with Gasteiger partial charge in [0.1, 0.15) is 6.04 Å². The van der Waals surface area contributed by atoms with Gasteiger partial charge in [-0.1, -0.05) is 11.8 Å². The summed E-state index contributed by atoms with van der Waals surface area (Å²) in [5, 5.41) is 23.7. The van der Waals surface area contributed by atoms with E-state index in [1.807, 2.05) is 0 Å². The summed E-state index contributed by atoms with van der Waals surface area (Å²) in [6.07, 6.45) is -0.322. The molecule has 1 aliphatic rings. The molecule has 2 amide bonds. The van der Waals surface area contributed by atoms with Crippen molar-refractivity contribution in [2.24, 2.45) is 5.92 Å². The van der Waals surface area contributed by atoms with Crippen LogP contribution in [0.2, 0.25) is 0 Å². The van der Waals surface area contributed by atoms with Gasteiger partial charge in [0.2, 0.25) is 0 Å². The largest absolute Gasteiger partial charge is 0.391 e. The van der Waals surface area contributed by atoms with Crippen molar-refractivity contribution < 1.29 is 19.9 Å². The molecule has 0 aromatic heterocycles. The lowest BCUT2D eigenvalue weighted by Crippen LogP contribution is -2.51. The maximum Gasteiger partial charge on any atom is 0.268 e. The number of carbonyl (C=O) groups excluding carboxylic acids is 2. The van der Waals surface area contributed by atoms with E-state index in [0.29, 0.717) is 17.0 Å². The van der Waals surface area contributed by atoms with Gasteiger partial charge in [-0.3, -0.25) is 14.8 Å². The molecule has 2 atom stereocenters. The summed E-state index contributed by atoms with van der Waals surface area (Å²) < 4.78 is 0. The van der Waals surface area contributed by atoms with Crippen LogP contribution >= 0.6 is 0 Å². The van der Waals surface area contributed by atoms with Crippen LogP contribution in [0.4, 0.5) is 0 Å². The molecule has 136 valence electrons. The molecule has 1 aromatic rings. The van der Waals surface area contributed by atoms with Gasteiger partial charge in [0.05, 0.1) is 6.10 Å². The van der Waals surface area contributed by atoms with E-state index < -0.39 is 24.0 Å². The molecule has 0 unspecified atom stereocenters. The Kier molecular flexibility index (Phi) is 7.19. The fraction of sp³-hybridized carbons (Fsp3) is 0.368. The number of hydroxylamine groups is 1. The molecule has 0 aliphatic carbocycles. The Morgan fingerprint density at radius 3 is 2.50 bits per heavy atom. The van der Waals surface area contributed by atoms with Crippen molar-refractivity contribution in [3.05, 3.63) is 35.4 Å². The highest BCUT2D eigenvalue weighted by molar-refractivity contribution is 5.97. The fourth-order valence-corrected chi connectivity index (χ4v) is 2.24. The minimum absolute atomic E-state index is 0.301. The van der Waals surface area contributed by atoms with Gasteiger partial charge in [-0.25, -0.2) is 5.48 Å². The van der Waals surface area contributed by atoms with E-state index in [4.69, 9.17) is 5.21 Å².